The fourth-order valence-electron chi connectivity index (χ4n) is 1.99. The Balaban J connectivity index is 2.38. The molecule has 2 aromatic carbocycles. The van der Waals surface area contributed by atoms with Gasteiger partial charge in [-0.2, -0.15) is 5.26 Å². The molecule has 0 amide bonds. The Labute approximate surface area is 122 Å². The van der Waals surface area contributed by atoms with E-state index in [1.165, 1.54) is 18.2 Å². The molecule has 0 aliphatic carbocycles. The molecule has 21 heavy (non-hydrogen) atoms. The minimum absolute atomic E-state index is 0.0417. The van der Waals surface area contributed by atoms with Gasteiger partial charge >= 0.3 is 5.97 Å². The minimum Gasteiger partial charge on any atom is -0.488 e. The Morgan fingerprint density at radius 1 is 1.29 bits per heavy atom. The third-order valence-electron chi connectivity index (χ3n) is 2.98. The van der Waals surface area contributed by atoms with Gasteiger partial charge in [-0.1, -0.05) is 43.0 Å². The minimum atomic E-state index is -1.15. The Morgan fingerprint density at radius 2 is 2.00 bits per heavy atom. The van der Waals surface area contributed by atoms with E-state index in [9.17, 15) is 9.90 Å². The van der Waals surface area contributed by atoms with Crippen LogP contribution in [0.5, 0.6) is 5.75 Å². The quantitative estimate of drug-likeness (QED) is 0.909. The lowest BCUT2D eigenvalue weighted by atomic mass is 10.0. The first-order chi connectivity index (χ1) is 10.2. The summed E-state index contributed by atoms with van der Waals surface area (Å²) in [6.07, 6.45) is 1.36. The Hall–Kier alpha value is -3.06. The molecule has 0 aliphatic heterocycles. The SMILES string of the molecule is C=Cc1c(C#N)ccc(OCc2ccccc2)c1C(=O)O. The van der Waals surface area contributed by atoms with Crippen LogP contribution in [-0.4, -0.2) is 11.1 Å². The number of rotatable bonds is 5. The molecule has 0 bridgehead atoms. The number of nitrogens with zero attached hydrogens (tertiary/aromatic N) is 1. The summed E-state index contributed by atoms with van der Waals surface area (Å²) in [4.78, 5) is 11.4. The second-order valence-electron chi connectivity index (χ2n) is 4.30. The van der Waals surface area contributed by atoms with Crippen LogP contribution in [-0.2, 0) is 6.61 Å². The van der Waals surface area contributed by atoms with Crippen LogP contribution in [0.25, 0.3) is 6.08 Å². The molecule has 0 unspecified atom stereocenters. The zero-order valence-electron chi connectivity index (χ0n) is 11.2. The van der Waals surface area contributed by atoms with E-state index in [1.807, 2.05) is 36.4 Å². The molecule has 0 heterocycles. The van der Waals surface area contributed by atoms with E-state index in [1.54, 1.807) is 0 Å². The van der Waals surface area contributed by atoms with Gasteiger partial charge in [0.1, 0.15) is 17.9 Å². The van der Waals surface area contributed by atoms with Gasteiger partial charge < -0.3 is 9.84 Å². The van der Waals surface area contributed by atoms with E-state index in [2.05, 4.69) is 6.58 Å². The molecule has 104 valence electrons. The molecule has 4 heteroatoms. The predicted molar refractivity (Wildman–Crippen MR) is 79.0 cm³/mol. The number of hydrogen-bond acceptors (Lipinski definition) is 3. The molecule has 0 aromatic heterocycles. The van der Waals surface area contributed by atoms with Crippen LogP contribution in [0.2, 0.25) is 0 Å². The number of carboxylic acids is 1. The van der Waals surface area contributed by atoms with E-state index >= 15 is 0 Å². The van der Waals surface area contributed by atoms with Crippen LogP contribution < -0.4 is 4.74 Å². The summed E-state index contributed by atoms with van der Waals surface area (Å²) >= 11 is 0. The zero-order valence-corrected chi connectivity index (χ0v) is 11.2. The first-order valence-corrected chi connectivity index (χ1v) is 6.27. The summed E-state index contributed by atoms with van der Waals surface area (Å²) in [5, 5.41) is 18.4. The van der Waals surface area contributed by atoms with Crippen LogP contribution in [0.4, 0.5) is 0 Å². The van der Waals surface area contributed by atoms with Gasteiger partial charge in [-0.25, -0.2) is 4.79 Å². The highest BCUT2D eigenvalue weighted by Gasteiger charge is 2.18. The Morgan fingerprint density at radius 3 is 2.57 bits per heavy atom. The highest BCUT2D eigenvalue weighted by atomic mass is 16.5. The predicted octanol–water partition coefficient (Wildman–Crippen LogP) is 3.48. The zero-order chi connectivity index (χ0) is 15.2. The van der Waals surface area contributed by atoms with Crippen LogP contribution >= 0.6 is 0 Å². The molecule has 0 aliphatic rings. The van der Waals surface area contributed by atoms with Crippen molar-refractivity contribution in [3.05, 3.63) is 71.3 Å². The second-order valence-corrected chi connectivity index (χ2v) is 4.30. The topological polar surface area (TPSA) is 70.3 Å². The van der Waals surface area contributed by atoms with E-state index in [-0.39, 0.29) is 29.0 Å². The monoisotopic (exact) mass is 279 g/mol. The van der Waals surface area contributed by atoms with Gasteiger partial charge in [0.05, 0.1) is 11.6 Å². The third-order valence-corrected chi connectivity index (χ3v) is 2.98. The Kier molecular flexibility index (Phi) is 4.37. The molecule has 0 fully saturated rings. The molecule has 0 atom stereocenters. The van der Waals surface area contributed by atoms with Crippen LogP contribution in [0.3, 0.4) is 0 Å². The molecule has 0 radical (unpaired) electrons. The fraction of sp³-hybridized carbons (Fsp3) is 0.0588. The van der Waals surface area contributed by atoms with Gasteiger partial charge in [-0.05, 0) is 17.7 Å². The van der Waals surface area contributed by atoms with E-state index in [4.69, 9.17) is 10.00 Å². The summed E-state index contributed by atoms with van der Waals surface area (Å²) < 4.78 is 5.59. The summed E-state index contributed by atoms with van der Waals surface area (Å²) in [6, 6.07) is 14.4. The third kappa shape index (κ3) is 3.10. The second kappa shape index (κ2) is 6.40. The highest BCUT2D eigenvalue weighted by Crippen LogP contribution is 2.27. The molecular weight excluding hydrogens is 266 g/mol. The van der Waals surface area contributed by atoms with Gasteiger partial charge in [-0.15, -0.1) is 0 Å². The van der Waals surface area contributed by atoms with Crippen molar-refractivity contribution in [1.82, 2.24) is 0 Å². The lowest BCUT2D eigenvalue weighted by molar-refractivity contribution is 0.0691. The summed E-state index contributed by atoms with van der Waals surface area (Å²) in [5.74, 6) is -0.926. The average Bonchev–Trinajstić information content (AvgIpc) is 2.52. The average molecular weight is 279 g/mol. The van der Waals surface area contributed by atoms with E-state index < -0.39 is 5.97 Å². The van der Waals surface area contributed by atoms with Gasteiger partial charge in [0.2, 0.25) is 0 Å². The lowest BCUT2D eigenvalue weighted by Gasteiger charge is -2.12. The maximum atomic E-state index is 11.4. The first kappa shape index (κ1) is 14.4. The van der Waals surface area contributed by atoms with E-state index in [0.29, 0.717) is 0 Å². The summed E-state index contributed by atoms with van der Waals surface area (Å²) in [5.41, 5.74) is 1.42. The first-order valence-electron chi connectivity index (χ1n) is 6.27. The van der Waals surface area contributed by atoms with Crippen molar-refractivity contribution in [2.45, 2.75) is 6.61 Å². The number of ether oxygens (including phenoxy) is 1. The van der Waals surface area contributed by atoms with Gasteiger partial charge in [0.25, 0.3) is 0 Å². The van der Waals surface area contributed by atoms with Gasteiger partial charge in [-0.3, -0.25) is 0 Å². The standard InChI is InChI=1S/C17H13NO3/c1-2-14-13(10-18)8-9-15(16(14)17(19)20)21-11-12-6-4-3-5-7-12/h2-9H,1,11H2,(H,19,20). The van der Waals surface area contributed by atoms with Crippen molar-refractivity contribution in [2.75, 3.05) is 0 Å². The molecule has 2 rings (SSSR count). The molecule has 2 aromatic rings. The largest absolute Gasteiger partial charge is 0.488 e. The Bertz CT molecular complexity index is 715. The molecule has 0 saturated carbocycles. The van der Waals surface area contributed by atoms with Crippen molar-refractivity contribution >= 4 is 12.0 Å². The summed E-state index contributed by atoms with van der Waals surface area (Å²) in [7, 11) is 0. The highest BCUT2D eigenvalue weighted by molar-refractivity contribution is 5.96. The maximum Gasteiger partial charge on any atom is 0.340 e. The number of carbonyl (C=O) groups is 1. The van der Waals surface area contributed by atoms with Crippen molar-refractivity contribution in [3.8, 4) is 11.8 Å². The molecule has 0 saturated heterocycles. The number of benzene rings is 2. The smallest absolute Gasteiger partial charge is 0.340 e. The number of aromatic carboxylic acids is 1. The maximum absolute atomic E-state index is 11.4. The van der Waals surface area contributed by atoms with Gasteiger partial charge in [0.15, 0.2) is 0 Å². The molecule has 4 nitrogen and oxygen atoms in total. The fourth-order valence-corrected chi connectivity index (χ4v) is 1.99. The number of carboxylic acid groups (broad SMARTS) is 1. The van der Waals surface area contributed by atoms with Crippen molar-refractivity contribution in [3.63, 3.8) is 0 Å². The van der Waals surface area contributed by atoms with Crippen LogP contribution in [0.15, 0.2) is 49.0 Å². The normalized spacial score (nSPS) is 9.67. The molecular formula is C17H13NO3. The van der Waals surface area contributed by atoms with Crippen LogP contribution in [0, 0.1) is 11.3 Å². The van der Waals surface area contributed by atoms with Gasteiger partial charge in [0, 0.05) is 5.56 Å². The van der Waals surface area contributed by atoms with E-state index in [0.717, 1.165) is 5.56 Å². The number of nitriles is 1. The van der Waals surface area contributed by atoms with Crippen molar-refractivity contribution in [1.29, 1.82) is 5.26 Å². The van der Waals surface area contributed by atoms with Crippen LogP contribution in [0.1, 0.15) is 27.0 Å². The van der Waals surface area contributed by atoms with Crippen molar-refractivity contribution < 1.29 is 14.6 Å². The lowest BCUT2D eigenvalue weighted by Crippen LogP contribution is -2.07. The summed E-state index contributed by atoms with van der Waals surface area (Å²) in [6.45, 7) is 3.83. The molecule has 0 spiro atoms. The molecule has 1 N–H and O–H groups in total. The van der Waals surface area contributed by atoms with Crippen molar-refractivity contribution in [2.24, 2.45) is 0 Å². The number of hydrogen-bond donors (Lipinski definition) is 1.